The smallest absolute Gasteiger partial charge is 0.222 e. The summed E-state index contributed by atoms with van der Waals surface area (Å²) in [6.07, 6.45) is 3.42. The van der Waals surface area contributed by atoms with E-state index < -0.39 is 0 Å². The first kappa shape index (κ1) is 19.3. The van der Waals surface area contributed by atoms with Crippen molar-refractivity contribution in [2.45, 2.75) is 32.6 Å². The van der Waals surface area contributed by atoms with E-state index in [1.165, 1.54) is 11.1 Å². The second-order valence-corrected chi connectivity index (χ2v) is 7.29. The largest absolute Gasteiger partial charge is 0.497 e. The second-order valence-electron chi connectivity index (χ2n) is 7.29. The highest BCUT2D eigenvalue weighted by Gasteiger charge is 2.25. The van der Waals surface area contributed by atoms with Gasteiger partial charge in [-0.3, -0.25) is 4.79 Å². The highest BCUT2D eigenvalue weighted by atomic mass is 16.5. The molecule has 4 nitrogen and oxygen atoms in total. The number of hydrogen-bond donors (Lipinski definition) is 0. The summed E-state index contributed by atoms with van der Waals surface area (Å²) in [5, 5.41) is 0. The Kier molecular flexibility index (Phi) is 6.74. The van der Waals surface area contributed by atoms with E-state index in [2.05, 4.69) is 19.1 Å². The van der Waals surface area contributed by atoms with Crippen molar-refractivity contribution in [2.75, 3.05) is 26.8 Å². The van der Waals surface area contributed by atoms with Gasteiger partial charge in [0.2, 0.25) is 5.91 Å². The third-order valence-electron chi connectivity index (χ3n) is 5.24. The van der Waals surface area contributed by atoms with Crippen molar-refractivity contribution in [2.24, 2.45) is 5.92 Å². The molecule has 1 saturated heterocycles. The summed E-state index contributed by atoms with van der Waals surface area (Å²) >= 11 is 0. The molecule has 0 N–H and O–H groups in total. The van der Waals surface area contributed by atoms with Gasteiger partial charge in [-0.05, 0) is 61.9 Å². The molecule has 0 aromatic heterocycles. The number of nitrogens with zero attached hydrogens (tertiary/aromatic N) is 1. The fraction of sp³-hybridized carbons (Fsp3) is 0.435. The van der Waals surface area contributed by atoms with Gasteiger partial charge < -0.3 is 14.4 Å². The molecule has 0 aliphatic carbocycles. The van der Waals surface area contributed by atoms with E-state index in [0.29, 0.717) is 18.9 Å². The SMILES string of the molecule is COc1ccc(CCC(=O)N2CC[C@H](CCOc3ccc(C)cc3)C2)cc1. The molecule has 2 aromatic carbocycles. The monoisotopic (exact) mass is 367 g/mol. The predicted octanol–water partition coefficient (Wildman–Crippen LogP) is 4.25. The van der Waals surface area contributed by atoms with E-state index in [-0.39, 0.29) is 5.91 Å². The molecule has 0 unspecified atom stereocenters. The molecule has 3 rings (SSSR count). The van der Waals surface area contributed by atoms with Crippen LogP contribution in [0.5, 0.6) is 11.5 Å². The van der Waals surface area contributed by atoms with Crippen molar-refractivity contribution in [3.05, 3.63) is 59.7 Å². The molecule has 0 spiro atoms. The highest BCUT2D eigenvalue weighted by molar-refractivity contribution is 5.76. The maximum absolute atomic E-state index is 12.5. The van der Waals surface area contributed by atoms with E-state index >= 15 is 0 Å². The fourth-order valence-electron chi connectivity index (χ4n) is 3.47. The van der Waals surface area contributed by atoms with Gasteiger partial charge in [0.15, 0.2) is 0 Å². The molecular weight excluding hydrogens is 338 g/mol. The van der Waals surface area contributed by atoms with Gasteiger partial charge in [0.05, 0.1) is 13.7 Å². The summed E-state index contributed by atoms with van der Waals surface area (Å²) in [6.45, 7) is 4.51. The Bertz CT molecular complexity index is 724. The molecule has 1 aliphatic rings. The summed E-state index contributed by atoms with van der Waals surface area (Å²) < 4.78 is 11.0. The molecule has 2 aromatic rings. The van der Waals surface area contributed by atoms with Crippen LogP contribution in [0, 0.1) is 12.8 Å². The Hall–Kier alpha value is -2.49. The number of hydrogen-bond acceptors (Lipinski definition) is 3. The number of amides is 1. The Labute approximate surface area is 162 Å². The fourth-order valence-corrected chi connectivity index (χ4v) is 3.47. The lowest BCUT2D eigenvalue weighted by atomic mass is 10.1. The molecule has 0 saturated carbocycles. The van der Waals surface area contributed by atoms with Crippen molar-refractivity contribution in [3.8, 4) is 11.5 Å². The van der Waals surface area contributed by atoms with Crippen LogP contribution in [0.25, 0.3) is 0 Å². The third-order valence-corrected chi connectivity index (χ3v) is 5.24. The average Bonchev–Trinajstić information content (AvgIpc) is 3.17. The van der Waals surface area contributed by atoms with Gasteiger partial charge in [0, 0.05) is 19.5 Å². The number of carbonyl (C=O) groups is 1. The predicted molar refractivity (Wildman–Crippen MR) is 107 cm³/mol. The molecule has 4 heteroatoms. The van der Waals surface area contributed by atoms with E-state index in [4.69, 9.17) is 9.47 Å². The van der Waals surface area contributed by atoms with E-state index in [1.807, 2.05) is 41.3 Å². The zero-order valence-corrected chi connectivity index (χ0v) is 16.3. The zero-order valence-electron chi connectivity index (χ0n) is 16.3. The number of likely N-dealkylation sites (tertiary alicyclic amines) is 1. The van der Waals surface area contributed by atoms with Crippen LogP contribution >= 0.6 is 0 Å². The second kappa shape index (κ2) is 9.45. The Morgan fingerprint density at radius 3 is 2.48 bits per heavy atom. The minimum Gasteiger partial charge on any atom is -0.497 e. The van der Waals surface area contributed by atoms with Crippen LogP contribution < -0.4 is 9.47 Å². The minimum atomic E-state index is 0.257. The first-order chi connectivity index (χ1) is 13.1. The van der Waals surface area contributed by atoms with Crippen LogP contribution in [0.4, 0.5) is 0 Å². The van der Waals surface area contributed by atoms with Gasteiger partial charge in [0.25, 0.3) is 0 Å². The molecule has 144 valence electrons. The van der Waals surface area contributed by atoms with Gasteiger partial charge in [-0.25, -0.2) is 0 Å². The van der Waals surface area contributed by atoms with Crippen molar-refractivity contribution in [1.82, 2.24) is 4.90 Å². The number of benzene rings is 2. The van der Waals surface area contributed by atoms with Gasteiger partial charge in [-0.15, -0.1) is 0 Å². The number of methoxy groups -OCH3 is 1. The summed E-state index contributed by atoms with van der Waals surface area (Å²) in [5.41, 5.74) is 2.41. The van der Waals surface area contributed by atoms with Gasteiger partial charge >= 0.3 is 0 Å². The maximum atomic E-state index is 12.5. The lowest BCUT2D eigenvalue weighted by Crippen LogP contribution is -2.29. The highest BCUT2D eigenvalue weighted by Crippen LogP contribution is 2.22. The standard InChI is InChI=1S/C23H29NO3/c1-18-3-8-22(9-4-18)27-16-14-20-13-15-24(17-20)23(25)12-7-19-5-10-21(26-2)11-6-19/h3-6,8-11,20H,7,12-17H2,1-2H3/t20-/m1/s1. The van der Waals surface area contributed by atoms with Crippen LogP contribution in [-0.2, 0) is 11.2 Å². The lowest BCUT2D eigenvalue weighted by Gasteiger charge is -2.17. The molecule has 1 atom stereocenters. The van der Waals surface area contributed by atoms with Crippen LogP contribution in [0.1, 0.15) is 30.4 Å². The molecule has 27 heavy (non-hydrogen) atoms. The minimum absolute atomic E-state index is 0.257. The van der Waals surface area contributed by atoms with Crippen LogP contribution in [0.2, 0.25) is 0 Å². The van der Waals surface area contributed by atoms with Crippen LogP contribution in [0.3, 0.4) is 0 Å². The van der Waals surface area contributed by atoms with E-state index in [0.717, 1.165) is 43.9 Å². The molecule has 0 bridgehead atoms. The van der Waals surface area contributed by atoms with Gasteiger partial charge in [-0.2, -0.15) is 0 Å². The Morgan fingerprint density at radius 2 is 1.78 bits per heavy atom. The van der Waals surface area contributed by atoms with Crippen LogP contribution in [0.15, 0.2) is 48.5 Å². The quantitative estimate of drug-likeness (QED) is 0.700. The summed E-state index contributed by atoms with van der Waals surface area (Å²) in [7, 11) is 1.66. The van der Waals surface area contributed by atoms with Gasteiger partial charge in [-0.1, -0.05) is 29.8 Å². The van der Waals surface area contributed by atoms with Crippen molar-refractivity contribution < 1.29 is 14.3 Å². The van der Waals surface area contributed by atoms with Crippen molar-refractivity contribution in [3.63, 3.8) is 0 Å². The third kappa shape index (κ3) is 5.75. The molecule has 1 amide bonds. The summed E-state index contributed by atoms with van der Waals surface area (Å²) in [4.78, 5) is 14.5. The van der Waals surface area contributed by atoms with Crippen LogP contribution in [-0.4, -0.2) is 37.6 Å². The molecule has 0 radical (unpaired) electrons. The first-order valence-electron chi connectivity index (χ1n) is 9.74. The molecule has 1 aliphatic heterocycles. The Balaban J connectivity index is 1.36. The van der Waals surface area contributed by atoms with Crippen molar-refractivity contribution >= 4 is 5.91 Å². The van der Waals surface area contributed by atoms with Gasteiger partial charge in [0.1, 0.15) is 11.5 Å². The first-order valence-corrected chi connectivity index (χ1v) is 9.74. The van der Waals surface area contributed by atoms with E-state index in [1.54, 1.807) is 7.11 Å². The summed E-state index contributed by atoms with van der Waals surface area (Å²) in [6, 6.07) is 16.1. The number of carbonyl (C=O) groups excluding carboxylic acids is 1. The number of rotatable bonds is 8. The topological polar surface area (TPSA) is 38.8 Å². The summed E-state index contributed by atoms with van der Waals surface area (Å²) in [5.74, 6) is 2.57. The molecule has 1 heterocycles. The number of aryl methyl sites for hydroxylation is 2. The van der Waals surface area contributed by atoms with Crippen molar-refractivity contribution in [1.29, 1.82) is 0 Å². The Morgan fingerprint density at radius 1 is 1.07 bits per heavy atom. The molecule has 1 fully saturated rings. The lowest BCUT2D eigenvalue weighted by molar-refractivity contribution is -0.130. The normalized spacial score (nSPS) is 16.4. The maximum Gasteiger partial charge on any atom is 0.222 e. The molecular formula is C23H29NO3. The van der Waals surface area contributed by atoms with E-state index in [9.17, 15) is 4.79 Å². The zero-order chi connectivity index (χ0) is 19.1. The number of ether oxygens (including phenoxy) is 2. The average molecular weight is 367 g/mol.